The van der Waals surface area contributed by atoms with Crippen LogP contribution in [0.1, 0.15) is 47.8 Å². The first-order valence-electron chi connectivity index (χ1n) is 8.42. The van der Waals surface area contributed by atoms with Gasteiger partial charge in [-0.3, -0.25) is 14.4 Å². The monoisotopic (exact) mass is 348 g/mol. The minimum atomic E-state index is -0.357. The summed E-state index contributed by atoms with van der Waals surface area (Å²) in [5.41, 5.74) is 3.05. The highest BCUT2D eigenvalue weighted by Crippen LogP contribution is 2.33. The van der Waals surface area contributed by atoms with Crippen LogP contribution in [-0.2, 0) is 9.59 Å². The van der Waals surface area contributed by atoms with Gasteiger partial charge in [0.1, 0.15) is 0 Å². The van der Waals surface area contributed by atoms with Gasteiger partial charge >= 0.3 is 0 Å². The Morgan fingerprint density at radius 3 is 2.54 bits per heavy atom. The molecular formula is C21H20N2O3. The highest BCUT2D eigenvalue weighted by Gasteiger charge is 2.28. The maximum Gasteiger partial charge on any atom is 0.226 e. The van der Waals surface area contributed by atoms with Gasteiger partial charge < -0.3 is 10.2 Å². The van der Waals surface area contributed by atoms with Crippen molar-refractivity contribution in [3.8, 4) is 0 Å². The first-order valence-corrected chi connectivity index (χ1v) is 8.42. The summed E-state index contributed by atoms with van der Waals surface area (Å²) in [4.78, 5) is 37.6. The molecule has 1 atom stereocenters. The number of anilines is 1. The van der Waals surface area contributed by atoms with E-state index in [0.717, 1.165) is 11.1 Å². The highest BCUT2D eigenvalue weighted by molar-refractivity contribution is 5.97. The van der Waals surface area contributed by atoms with Gasteiger partial charge in [0, 0.05) is 24.4 Å². The molecule has 0 fully saturated rings. The minimum Gasteiger partial charge on any atom is -0.326 e. The zero-order valence-electron chi connectivity index (χ0n) is 14.7. The fourth-order valence-electron chi connectivity index (χ4n) is 3.12. The second kappa shape index (κ2) is 7.35. The molecule has 1 aliphatic heterocycles. The van der Waals surface area contributed by atoms with Gasteiger partial charge in [0.2, 0.25) is 11.8 Å². The Morgan fingerprint density at radius 2 is 1.81 bits per heavy atom. The van der Waals surface area contributed by atoms with Crippen molar-refractivity contribution in [2.45, 2.75) is 26.3 Å². The molecule has 2 aromatic rings. The van der Waals surface area contributed by atoms with E-state index in [4.69, 9.17) is 0 Å². The van der Waals surface area contributed by atoms with Crippen molar-refractivity contribution in [3.63, 3.8) is 0 Å². The number of amides is 2. The summed E-state index contributed by atoms with van der Waals surface area (Å²) in [5.74, 6) is -0.394. The first kappa shape index (κ1) is 17.6. The van der Waals surface area contributed by atoms with E-state index in [1.807, 2.05) is 30.3 Å². The lowest BCUT2D eigenvalue weighted by molar-refractivity contribution is -0.129. The van der Waals surface area contributed by atoms with Crippen molar-refractivity contribution in [1.29, 1.82) is 0 Å². The summed E-state index contributed by atoms with van der Waals surface area (Å²) in [6, 6.07) is 14.2. The molecule has 0 bridgehead atoms. The Morgan fingerprint density at radius 1 is 1.04 bits per heavy atom. The highest BCUT2D eigenvalue weighted by atomic mass is 16.2. The summed E-state index contributed by atoms with van der Waals surface area (Å²) >= 11 is 0. The van der Waals surface area contributed by atoms with Crippen LogP contribution in [0.25, 0.3) is 6.08 Å². The fourth-order valence-corrected chi connectivity index (χ4v) is 3.12. The van der Waals surface area contributed by atoms with Crippen molar-refractivity contribution in [2.24, 2.45) is 0 Å². The van der Waals surface area contributed by atoms with Crippen LogP contribution in [0.4, 0.5) is 5.69 Å². The van der Waals surface area contributed by atoms with E-state index in [1.165, 1.54) is 13.8 Å². The average Bonchev–Trinajstić information content (AvgIpc) is 2.61. The standard InChI is InChI=1S/C21H20N2O3/c1-14(24)17-7-5-8-18(12-17)22-21(26)13-20-19-9-4-3-6-16(19)10-11-23(20)15(2)25/h3-12,20H,13H2,1-2H3,(H,22,26)/t20-/m1/s1. The lowest BCUT2D eigenvalue weighted by Gasteiger charge is -2.32. The van der Waals surface area contributed by atoms with Crippen LogP contribution < -0.4 is 5.32 Å². The lowest BCUT2D eigenvalue weighted by atomic mass is 9.93. The predicted octanol–water partition coefficient (Wildman–Crippen LogP) is 3.79. The van der Waals surface area contributed by atoms with Crippen molar-refractivity contribution in [1.82, 2.24) is 4.90 Å². The molecule has 0 spiro atoms. The van der Waals surface area contributed by atoms with Crippen LogP contribution in [0.3, 0.4) is 0 Å². The van der Waals surface area contributed by atoms with Crippen LogP contribution in [-0.4, -0.2) is 22.5 Å². The third-order valence-corrected chi connectivity index (χ3v) is 4.40. The van der Waals surface area contributed by atoms with Gasteiger partial charge in [-0.2, -0.15) is 0 Å². The molecule has 0 radical (unpaired) electrons. The Balaban J connectivity index is 1.80. The molecule has 0 aromatic heterocycles. The molecule has 0 saturated carbocycles. The molecule has 0 aliphatic carbocycles. The Labute approximate surface area is 152 Å². The minimum absolute atomic E-state index is 0.0600. The van der Waals surface area contributed by atoms with Gasteiger partial charge in [0.25, 0.3) is 0 Å². The first-order chi connectivity index (χ1) is 12.5. The molecule has 2 aromatic carbocycles. The Bertz CT molecular complexity index is 902. The van der Waals surface area contributed by atoms with Crippen LogP contribution in [0.2, 0.25) is 0 Å². The second-order valence-electron chi connectivity index (χ2n) is 6.28. The maximum atomic E-state index is 12.6. The smallest absolute Gasteiger partial charge is 0.226 e. The summed E-state index contributed by atoms with van der Waals surface area (Å²) in [6.07, 6.45) is 3.73. The molecule has 1 heterocycles. The zero-order chi connectivity index (χ0) is 18.7. The summed E-state index contributed by atoms with van der Waals surface area (Å²) < 4.78 is 0. The molecule has 0 saturated heterocycles. The molecule has 5 nitrogen and oxygen atoms in total. The van der Waals surface area contributed by atoms with Crippen LogP contribution in [0.15, 0.2) is 54.7 Å². The molecule has 5 heteroatoms. The van der Waals surface area contributed by atoms with Gasteiger partial charge in [-0.25, -0.2) is 0 Å². The molecule has 0 unspecified atom stereocenters. The van der Waals surface area contributed by atoms with Gasteiger partial charge in [0.05, 0.1) is 12.5 Å². The Kier molecular flexibility index (Phi) is 4.98. The van der Waals surface area contributed by atoms with E-state index in [9.17, 15) is 14.4 Å². The maximum absolute atomic E-state index is 12.6. The van der Waals surface area contributed by atoms with Crippen molar-refractivity contribution in [2.75, 3.05) is 5.32 Å². The summed E-state index contributed by atoms with van der Waals surface area (Å²) in [5, 5.41) is 2.82. The quantitative estimate of drug-likeness (QED) is 0.855. The number of rotatable bonds is 4. The number of hydrogen-bond donors (Lipinski definition) is 1. The largest absolute Gasteiger partial charge is 0.326 e. The number of nitrogens with zero attached hydrogens (tertiary/aromatic N) is 1. The molecule has 3 rings (SSSR count). The van der Waals surface area contributed by atoms with Gasteiger partial charge in [-0.15, -0.1) is 0 Å². The molecule has 26 heavy (non-hydrogen) atoms. The van der Waals surface area contributed by atoms with Gasteiger partial charge in [-0.05, 0) is 36.3 Å². The average molecular weight is 348 g/mol. The van der Waals surface area contributed by atoms with Crippen molar-refractivity contribution in [3.05, 3.63) is 71.4 Å². The van der Waals surface area contributed by atoms with Crippen molar-refractivity contribution < 1.29 is 14.4 Å². The van der Waals surface area contributed by atoms with E-state index >= 15 is 0 Å². The van der Waals surface area contributed by atoms with Crippen LogP contribution >= 0.6 is 0 Å². The summed E-state index contributed by atoms with van der Waals surface area (Å²) in [6.45, 7) is 2.97. The number of nitrogens with one attached hydrogen (secondary N) is 1. The van der Waals surface area contributed by atoms with E-state index in [0.29, 0.717) is 11.3 Å². The van der Waals surface area contributed by atoms with E-state index in [-0.39, 0.29) is 30.1 Å². The number of benzene rings is 2. The normalized spacial score (nSPS) is 15.3. The predicted molar refractivity (Wildman–Crippen MR) is 100 cm³/mol. The fraction of sp³-hybridized carbons (Fsp3) is 0.190. The molecule has 1 aliphatic rings. The van der Waals surface area contributed by atoms with Gasteiger partial charge in [0.15, 0.2) is 5.78 Å². The number of Topliss-reactive ketones (excluding diaryl/α,β-unsaturated/α-hetero) is 1. The Hall–Kier alpha value is -3.21. The molecule has 132 valence electrons. The van der Waals surface area contributed by atoms with E-state index < -0.39 is 0 Å². The third-order valence-electron chi connectivity index (χ3n) is 4.40. The molecular weight excluding hydrogens is 328 g/mol. The topological polar surface area (TPSA) is 66.5 Å². The van der Waals surface area contributed by atoms with Crippen LogP contribution in [0.5, 0.6) is 0 Å². The van der Waals surface area contributed by atoms with E-state index in [1.54, 1.807) is 35.4 Å². The third kappa shape index (κ3) is 3.72. The number of carbonyl (C=O) groups is 3. The summed E-state index contributed by atoms with van der Waals surface area (Å²) in [7, 11) is 0. The van der Waals surface area contributed by atoms with Crippen molar-refractivity contribution >= 4 is 29.4 Å². The number of hydrogen-bond acceptors (Lipinski definition) is 3. The lowest BCUT2D eigenvalue weighted by Crippen LogP contribution is -2.33. The zero-order valence-corrected chi connectivity index (χ0v) is 14.7. The SMILES string of the molecule is CC(=O)c1cccc(NC(=O)C[C@@H]2c3ccccc3C=CN2C(C)=O)c1. The number of ketones is 1. The molecule has 2 amide bonds. The molecule has 1 N–H and O–H groups in total. The second-order valence-corrected chi connectivity index (χ2v) is 6.28. The van der Waals surface area contributed by atoms with E-state index in [2.05, 4.69) is 5.32 Å². The van der Waals surface area contributed by atoms with Gasteiger partial charge in [-0.1, -0.05) is 36.4 Å². The number of fused-ring (bicyclic) bond motifs is 1. The number of carbonyl (C=O) groups excluding carboxylic acids is 3. The van der Waals surface area contributed by atoms with Crippen LogP contribution in [0, 0.1) is 0 Å².